The predicted molar refractivity (Wildman–Crippen MR) is 140 cm³/mol. The lowest BCUT2D eigenvalue weighted by atomic mass is 10.1. The summed E-state index contributed by atoms with van der Waals surface area (Å²) in [4.78, 5) is 44.1. The molecule has 1 aromatic carbocycles. The maximum absolute atomic E-state index is 12.1. The number of benzene rings is 1. The van der Waals surface area contributed by atoms with E-state index in [0.717, 1.165) is 0 Å². The van der Waals surface area contributed by atoms with E-state index in [1.54, 1.807) is 26.8 Å². The molecule has 0 saturated heterocycles. The van der Waals surface area contributed by atoms with E-state index >= 15 is 0 Å². The zero-order valence-electron chi connectivity index (χ0n) is 20.4. The van der Waals surface area contributed by atoms with Crippen LogP contribution in [0.15, 0.2) is 23.2 Å². The molecule has 0 atom stereocenters. The number of methoxy groups -OCH3 is 1. The molecular weight excluding hydrogens is 529 g/mol. The van der Waals surface area contributed by atoms with Gasteiger partial charge in [0.25, 0.3) is 0 Å². The van der Waals surface area contributed by atoms with E-state index in [1.807, 2.05) is 0 Å². The number of carbonyl (C=O) groups excluding carboxylic acids is 3. The lowest BCUT2D eigenvalue weighted by Crippen LogP contribution is -2.34. The van der Waals surface area contributed by atoms with Crippen LogP contribution in [-0.2, 0) is 14.3 Å². The van der Waals surface area contributed by atoms with E-state index in [1.165, 1.54) is 31.0 Å². The molecule has 2 rings (SSSR count). The number of amides is 2. The summed E-state index contributed by atoms with van der Waals surface area (Å²) < 4.78 is 9.90. The number of nitrogens with zero attached hydrogens (tertiary/aromatic N) is 2. The second kappa shape index (κ2) is 13.5. The average molecular weight is 558 g/mol. The van der Waals surface area contributed by atoms with Gasteiger partial charge in [0.2, 0.25) is 11.9 Å². The lowest BCUT2D eigenvalue weighted by Gasteiger charge is -2.19. The first-order chi connectivity index (χ1) is 16.9. The van der Waals surface area contributed by atoms with Gasteiger partial charge in [-0.15, -0.1) is 11.8 Å². The molecule has 0 spiro atoms. The van der Waals surface area contributed by atoms with Crippen LogP contribution in [0.3, 0.4) is 0 Å². The molecule has 4 N–H and O–H groups in total. The molecule has 1 aromatic heterocycles. The highest BCUT2D eigenvalue weighted by molar-refractivity contribution is 7.99. The van der Waals surface area contributed by atoms with Crippen LogP contribution >= 0.6 is 35.0 Å². The standard InChI is InChI=1S/C23H29Cl2N5O5S/c1-23(2,3)35-22(33)28-8-5-7-27-18(31)6-9-36-19-12-17(29-21(26)30-19)13-10-14(20(32)34-4)16(25)11-15(13)24/h10-12H,5-9H2,1-4H3,(H,27,31)(H,28,33)(H2,26,29,30). The highest BCUT2D eigenvalue weighted by Gasteiger charge is 2.18. The Bertz CT molecular complexity index is 1110. The molecule has 10 nitrogen and oxygen atoms in total. The molecule has 0 aliphatic carbocycles. The fraction of sp³-hybridized carbons (Fsp3) is 0.435. The number of halogens is 2. The number of nitrogen functional groups attached to an aromatic ring is 1. The number of nitrogens with two attached hydrogens (primary N) is 1. The minimum Gasteiger partial charge on any atom is -0.465 e. The normalized spacial score (nSPS) is 11.1. The topological polar surface area (TPSA) is 146 Å². The maximum Gasteiger partial charge on any atom is 0.407 e. The Kier molecular flexibility index (Phi) is 11.1. The lowest BCUT2D eigenvalue weighted by molar-refractivity contribution is -0.120. The number of esters is 1. The number of ether oxygens (including phenoxy) is 2. The van der Waals surface area contributed by atoms with Gasteiger partial charge in [-0.1, -0.05) is 23.2 Å². The molecule has 2 amide bonds. The van der Waals surface area contributed by atoms with Gasteiger partial charge in [0.15, 0.2) is 0 Å². The minimum atomic E-state index is -0.610. The van der Waals surface area contributed by atoms with Crippen molar-refractivity contribution in [1.29, 1.82) is 0 Å². The van der Waals surface area contributed by atoms with Crippen LogP contribution in [0.2, 0.25) is 10.0 Å². The average Bonchev–Trinajstić information content (AvgIpc) is 2.77. The number of nitrogens with one attached hydrogen (secondary N) is 2. The highest BCUT2D eigenvalue weighted by atomic mass is 35.5. The first-order valence-electron chi connectivity index (χ1n) is 11.0. The number of alkyl carbamates (subject to hydrolysis) is 1. The summed E-state index contributed by atoms with van der Waals surface area (Å²) in [6, 6.07) is 4.58. The summed E-state index contributed by atoms with van der Waals surface area (Å²) in [6.45, 7) is 6.17. The number of rotatable bonds is 10. The third-order valence-corrected chi connectivity index (χ3v) is 5.92. The van der Waals surface area contributed by atoms with Crippen molar-refractivity contribution in [2.45, 2.75) is 44.2 Å². The van der Waals surface area contributed by atoms with Crippen molar-refractivity contribution in [2.75, 3.05) is 31.7 Å². The van der Waals surface area contributed by atoms with E-state index in [-0.39, 0.29) is 33.9 Å². The van der Waals surface area contributed by atoms with Crippen LogP contribution in [0, 0.1) is 0 Å². The second-order valence-electron chi connectivity index (χ2n) is 8.48. The first-order valence-corrected chi connectivity index (χ1v) is 12.7. The van der Waals surface area contributed by atoms with E-state index in [2.05, 4.69) is 20.6 Å². The molecule has 0 saturated carbocycles. The van der Waals surface area contributed by atoms with Crippen molar-refractivity contribution >= 4 is 58.9 Å². The minimum absolute atomic E-state index is 0.0163. The fourth-order valence-electron chi connectivity index (χ4n) is 2.82. The SMILES string of the molecule is COC(=O)c1cc(-c2cc(SCCC(=O)NCCCNC(=O)OC(C)(C)C)nc(N)n2)c(Cl)cc1Cl. The number of thioether (sulfide) groups is 1. The summed E-state index contributed by atoms with van der Waals surface area (Å²) >= 11 is 13.8. The fourth-order valence-corrected chi connectivity index (χ4v) is 4.23. The van der Waals surface area contributed by atoms with Gasteiger partial charge >= 0.3 is 12.1 Å². The summed E-state index contributed by atoms with van der Waals surface area (Å²) in [5.74, 6) is -0.283. The molecule has 2 aromatic rings. The second-order valence-corrected chi connectivity index (χ2v) is 10.4. The molecular formula is C23H29Cl2N5O5S. The molecule has 0 aliphatic rings. The van der Waals surface area contributed by atoms with Crippen molar-refractivity contribution in [2.24, 2.45) is 0 Å². The van der Waals surface area contributed by atoms with Crippen LogP contribution in [-0.4, -0.2) is 59.5 Å². The Morgan fingerprint density at radius 3 is 2.42 bits per heavy atom. The van der Waals surface area contributed by atoms with Gasteiger partial charge in [0.1, 0.15) is 10.6 Å². The third kappa shape index (κ3) is 9.71. The van der Waals surface area contributed by atoms with E-state index in [4.69, 9.17) is 38.4 Å². The van der Waals surface area contributed by atoms with Crippen molar-refractivity contribution in [3.8, 4) is 11.3 Å². The first kappa shape index (κ1) is 29.5. The van der Waals surface area contributed by atoms with Crippen LogP contribution in [0.5, 0.6) is 0 Å². The van der Waals surface area contributed by atoms with Gasteiger partial charge in [-0.3, -0.25) is 4.79 Å². The van der Waals surface area contributed by atoms with E-state index in [9.17, 15) is 14.4 Å². The Morgan fingerprint density at radius 1 is 1.06 bits per heavy atom. The number of hydrogen-bond donors (Lipinski definition) is 3. The molecule has 0 fully saturated rings. The van der Waals surface area contributed by atoms with Gasteiger partial charge in [-0.05, 0) is 45.4 Å². The molecule has 0 aliphatic heterocycles. The third-order valence-electron chi connectivity index (χ3n) is 4.38. The summed E-state index contributed by atoms with van der Waals surface area (Å²) in [5, 5.41) is 6.41. The zero-order valence-corrected chi connectivity index (χ0v) is 22.8. The van der Waals surface area contributed by atoms with E-state index in [0.29, 0.717) is 41.5 Å². The molecule has 196 valence electrons. The van der Waals surface area contributed by atoms with Gasteiger partial charge in [-0.2, -0.15) is 0 Å². The maximum atomic E-state index is 12.1. The molecule has 36 heavy (non-hydrogen) atoms. The Balaban J connectivity index is 1.87. The summed E-state index contributed by atoms with van der Waals surface area (Å²) in [6.07, 6.45) is 0.326. The van der Waals surface area contributed by atoms with Crippen molar-refractivity contribution in [3.63, 3.8) is 0 Å². The smallest absolute Gasteiger partial charge is 0.407 e. The number of aromatic nitrogens is 2. The number of anilines is 1. The Morgan fingerprint density at radius 2 is 1.75 bits per heavy atom. The molecule has 0 radical (unpaired) electrons. The van der Waals surface area contributed by atoms with E-state index < -0.39 is 17.7 Å². The van der Waals surface area contributed by atoms with Crippen molar-refractivity contribution < 1.29 is 23.9 Å². The highest BCUT2D eigenvalue weighted by Crippen LogP contribution is 2.34. The van der Waals surface area contributed by atoms with Crippen LogP contribution in [0.4, 0.5) is 10.7 Å². The van der Waals surface area contributed by atoms with Gasteiger partial charge < -0.3 is 25.8 Å². The van der Waals surface area contributed by atoms with Gasteiger partial charge in [0.05, 0.1) is 28.4 Å². The predicted octanol–water partition coefficient (Wildman–Crippen LogP) is 4.33. The van der Waals surface area contributed by atoms with Crippen molar-refractivity contribution in [1.82, 2.24) is 20.6 Å². The molecule has 0 bridgehead atoms. The van der Waals surface area contributed by atoms with Crippen LogP contribution < -0.4 is 16.4 Å². The number of carbonyl (C=O) groups is 3. The Labute approximate surface area is 224 Å². The summed E-state index contributed by atoms with van der Waals surface area (Å²) in [5.41, 5.74) is 6.29. The van der Waals surface area contributed by atoms with Crippen LogP contribution in [0.1, 0.15) is 44.0 Å². The zero-order chi connectivity index (χ0) is 26.9. The number of hydrogen-bond acceptors (Lipinski definition) is 9. The molecule has 1 heterocycles. The largest absolute Gasteiger partial charge is 0.465 e. The van der Waals surface area contributed by atoms with Crippen molar-refractivity contribution in [3.05, 3.63) is 33.8 Å². The van der Waals surface area contributed by atoms with Gasteiger partial charge in [0, 0.05) is 30.8 Å². The monoisotopic (exact) mass is 557 g/mol. The molecule has 13 heteroatoms. The Hall–Kier alpha value is -2.76. The van der Waals surface area contributed by atoms with Gasteiger partial charge in [-0.25, -0.2) is 19.6 Å². The quantitative estimate of drug-likeness (QED) is 0.168. The van der Waals surface area contributed by atoms with Crippen LogP contribution in [0.25, 0.3) is 11.3 Å². The summed E-state index contributed by atoms with van der Waals surface area (Å²) in [7, 11) is 1.25. The molecule has 0 unspecified atom stereocenters.